The van der Waals surface area contributed by atoms with E-state index in [0.717, 1.165) is 18.7 Å². The number of benzene rings is 1. The molecule has 0 aliphatic carbocycles. The SMILES string of the molecule is C[C@H](C(=O)N[C@H](C)c1ccccc1)N1CCOCC1. The van der Waals surface area contributed by atoms with E-state index >= 15 is 0 Å². The predicted molar refractivity (Wildman–Crippen MR) is 74.9 cm³/mol. The van der Waals surface area contributed by atoms with E-state index in [1.807, 2.05) is 44.2 Å². The fourth-order valence-corrected chi connectivity index (χ4v) is 2.29. The summed E-state index contributed by atoms with van der Waals surface area (Å²) in [5.74, 6) is 0.0817. The lowest BCUT2D eigenvalue weighted by Gasteiger charge is -2.32. The van der Waals surface area contributed by atoms with E-state index in [0.29, 0.717) is 13.2 Å². The van der Waals surface area contributed by atoms with Crippen LogP contribution in [-0.4, -0.2) is 43.2 Å². The van der Waals surface area contributed by atoms with Gasteiger partial charge < -0.3 is 10.1 Å². The topological polar surface area (TPSA) is 41.6 Å². The average molecular weight is 262 g/mol. The summed E-state index contributed by atoms with van der Waals surface area (Å²) in [6, 6.07) is 9.96. The van der Waals surface area contributed by atoms with Gasteiger partial charge in [-0.3, -0.25) is 9.69 Å². The molecule has 1 N–H and O–H groups in total. The molecule has 104 valence electrons. The zero-order valence-corrected chi connectivity index (χ0v) is 11.6. The normalized spacial score (nSPS) is 19.7. The number of hydrogen-bond donors (Lipinski definition) is 1. The van der Waals surface area contributed by atoms with Crippen LogP contribution in [0.4, 0.5) is 0 Å². The predicted octanol–water partition coefficient (Wildman–Crippen LogP) is 1.58. The number of ether oxygens (including phenoxy) is 1. The Kier molecular flexibility index (Phi) is 4.93. The van der Waals surface area contributed by atoms with Gasteiger partial charge >= 0.3 is 0 Å². The second-order valence-electron chi connectivity index (χ2n) is 4.97. The van der Waals surface area contributed by atoms with Crippen molar-refractivity contribution in [2.45, 2.75) is 25.9 Å². The van der Waals surface area contributed by atoms with Gasteiger partial charge in [-0.2, -0.15) is 0 Å². The molecule has 1 heterocycles. The molecule has 1 aliphatic heterocycles. The first kappa shape index (κ1) is 14.0. The summed E-state index contributed by atoms with van der Waals surface area (Å²) in [5.41, 5.74) is 1.13. The first-order valence-corrected chi connectivity index (χ1v) is 6.85. The monoisotopic (exact) mass is 262 g/mol. The van der Waals surface area contributed by atoms with Crippen LogP contribution in [0.25, 0.3) is 0 Å². The van der Waals surface area contributed by atoms with Crippen molar-refractivity contribution in [3.05, 3.63) is 35.9 Å². The highest BCUT2D eigenvalue weighted by molar-refractivity contribution is 5.81. The number of nitrogens with zero attached hydrogens (tertiary/aromatic N) is 1. The van der Waals surface area contributed by atoms with Crippen LogP contribution in [-0.2, 0) is 9.53 Å². The number of morpholine rings is 1. The Morgan fingerprint density at radius 2 is 1.84 bits per heavy atom. The highest BCUT2D eigenvalue weighted by Gasteiger charge is 2.24. The number of nitrogens with one attached hydrogen (secondary N) is 1. The molecule has 1 aromatic rings. The quantitative estimate of drug-likeness (QED) is 0.896. The summed E-state index contributed by atoms with van der Waals surface area (Å²) in [6.07, 6.45) is 0. The maximum absolute atomic E-state index is 12.2. The zero-order valence-electron chi connectivity index (χ0n) is 11.6. The Bertz CT molecular complexity index is 402. The van der Waals surface area contributed by atoms with Gasteiger partial charge in [0.2, 0.25) is 5.91 Å². The first-order chi connectivity index (χ1) is 9.18. The maximum atomic E-state index is 12.2. The zero-order chi connectivity index (χ0) is 13.7. The molecule has 0 aromatic heterocycles. The molecule has 1 saturated heterocycles. The Morgan fingerprint density at radius 3 is 2.47 bits per heavy atom. The van der Waals surface area contributed by atoms with Gasteiger partial charge in [0, 0.05) is 13.1 Å². The van der Waals surface area contributed by atoms with Crippen molar-refractivity contribution in [3.8, 4) is 0 Å². The van der Waals surface area contributed by atoms with Crippen molar-refractivity contribution >= 4 is 5.91 Å². The second kappa shape index (κ2) is 6.68. The van der Waals surface area contributed by atoms with Crippen LogP contribution >= 0.6 is 0 Å². The van der Waals surface area contributed by atoms with E-state index in [1.165, 1.54) is 0 Å². The molecular weight excluding hydrogens is 240 g/mol. The Labute approximate surface area is 114 Å². The van der Waals surface area contributed by atoms with Crippen molar-refractivity contribution in [2.75, 3.05) is 26.3 Å². The lowest BCUT2D eigenvalue weighted by atomic mass is 10.1. The minimum atomic E-state index is -0.102. The number of carbonyl (C=O) groups is 1. The third kappa shape index (κ3) is 3.78. The summed E-state index contributed by atoms with van der Waals surface area (Å²) < 4.78 is 5.31. The van der Waals surface area contributed by atoms with Crippen molar-refractivity contribution in [3.63, 3.8) is 0 Å². The van der Waals surface area contributed by atoms with Gasteiger partial charge in [-0.05, 0) is 19.4 Å². The van der Waals surface area contributed by atoms with Gasteiger partial charge in [0.05, 0.1) is 25.3 Å². The van der Waals surface area contributed by atoms with E-state index in [4.69, 9.17) is 4.74 Å². The van der Waals surface area contributed by atoms with E-state index in [2.05, 4.69) is 10.2 Å². The summed E-state index contributed by atoms with van der Waals surface area (Å²) in [6.45, 7) is 7.05. The summed E-state index contributed by atoms with van der Waals surface area (Å²) in [7, 11) is 0. The molecule has 19 heavy (non-hydrogen) atoms. The highest BCUT2D eigenvalue weighted by Crippen LogP contribution is 2.12. The van der Waals surface area contributed by atoms with E-state index in [9.17, 15) is 4.79 Å². The van der Waals surface area contributed by atoms with Gasteiger partial charge in [-0.1, -0.05) is 30.3 Å². The van der Waals surface area contributed by atoms with Crippen molar-refractivity contribution in [2.24, 2.45) is 0 Å². The third-order valence-corrected chi connectivity index (χ3v) is 3.63. The Hall–Kier alpha value is -1.39. The standard InChI is InChI=1S/C15H22N2O2/c1-12(14-6-4-3-5-7-14)16-15(18)13(2)17-8-10-19-11-9-17/h3-7,12-13H,8-11H2,1-2H3,(H,16,18)/t12-,13-/m1/s1. The van der Waals surface area contributed by atoms with Crippen LogP contribution in [0.2, 0.25) is 0 Å². The molecule has 4 heteroatoms. The van der Waals surface area contributed by atoms with E-state index in [1.54, 1.807) is 0 Å². The minimum Gasteiger partial charge on any atom is -0.379 e. The first-order valence-electron chi connectivity index (χ1n) is 6.85. The fourth-order valence-electron chi connectivity index (χ4n) is 2.29. The molecule has 4 nitrogen and oxygen atoms in total. The third-order valence-electron chi connectivity index (χ3n) is 3.63. The van der Waals surface area contributed by atoms with Crippen molar-refractivity contribution in [1.82, 2.24) is 10.2 Å². The second-order valence-corrected chi connectivity index (χ2v) is 4.97. The summed E-state index contributed by atoms with van der Waals surface area (Å²) in [4.78, 5) is 14.4. The molecule has 1 fully saturated rings. The molecular formula is C15H22N2O2. The molecule has 0 bridgehead atoms. The molecule has 0 saturated carbocycles. The number of rotatable bonds is 4. The Balaban J connectivity index is 1.89. The molecule has 1 aromatic carbocycles. The van der Waals surface area contributed by atoms with Gasteiger partial charge in [0.25, 0.3) is 0 Å². The molecule has 0 radical (unpaired) electrons. The van der Waals surface area contributed by atoms with Crippen LogP contribution in [0, 0.1) is 0 Å². The fraction of sp³-hybridized carbons (Fsp3) is 0.533. The van der Waals surface area contributed by atoms with Gasteiger partial charge in [0.15, 0.2) is 0 Å². The van der Waals surface area contributed by atoms with Crippen LogP contribution < -0.4 is 5.32 Å². The minimum absolute atomic E-state index is 0.0391. The average Bonchev–Trinajstić information content (AvgIpc) is 2.48. The molecule has 0 spiro atoms. The van der Waals surface area contributed by atoms with Crippen LogP contribution in [0.5, 0.6) is 0 Å². The van der Waals surface area contributed by atoms with Crippen molar-refractivity contribution in [1.29, 1.82) is 0 Å². The number of amides is 1. The van der Waals surface area contributed by atoms with Gasteiger partial charge in [-0.25, -0.2) is 0 Å². The lowest BCUT2D eigenvalue weighted by Crippen LogP contribution is -2.50. The van der Waals surface area contributed by atoms with Gasteiger partial charge in [-0.15, -0.1) is 0 Å². The Morgan fingerprint density at radius 1 is 1.21 bits per heavy atom. The molecule has 2 atom stereocenters. The van der Waals surface area contributed by atoms with E-state index < -0.39 is 0 Å². The largest absolute Gasteiger partial charge is 0.379 e. The number of hydrogen-bond acceptors (Lipinski definition) is 3. The highest BCUT2D eigenvalue weighted by atomic mass is 16.5. The summed E-state index contributed by atoms with van der Waals surface area (Å²) >= 11 is 0. The lowest BCUT2D eigenvalue weighted by molar-refractivity contribution is -0.128. The molecule has 1 aliphatic rings. The van der Waals surface area contributed by atoms with E-state index in [-0.39, 0.29) is 18.0 Å². The maximum Gasteiger partial charge on any atom is 0.237 e. The smallest absolute Gasteiger partial charge is 0.237 e. The van der Waals surface area contributed by atoms with Crippen LogP contribution in [0.15, 0.2) is 30.3 Å². The summed E-state index contributed by atoms with van der Waals surface area (Å²) in [5, 5.41) is 3.07. The molecule has 0 unspecified atom stereocenters. The van der Waals surface area contributed by atoms with Crippen LogP contribution in [0.3, 0.4) is 0 Å². The molecule has 1 amide bonds. The van der Waals surface area contributed by atoms with Crippen LogP contribution in [0.1, 0.15) is 25.5 Å². The van der Waals surface area contributed by atoms with Gasteiger partial charge in [0.1, 0.15) is 0 Å². The van der Waals surface area contributed by atoms with Crippen molar-refractivity contribution < 1.29 is 9.53 Å². The molecule has 2 rings (SSSR count). The number of carbonyl (C=O) groups excluding carboxylic acids is 1.